The lowest BCUT2D eigenvalue weighted by Gasteiger charge is -2.35. The Labute approximate surface area is 258 Å². The largest absolute Gasteiger partial charge is 0.497 e. The zero-order valence-corrected chi connectivity index (χ0v) is 25.7. The van der Waals surface area contributed by atoms with Crippen LogP contribution in [0.5, 0.6) is 17.5 Å². The number of aromatic nitrogens is 2. The summed E-state index contributed by atoms with van der Waals surface area (Å²) in [5.41, 5.74) is 3.03. The number of aromatic hydroxyl groups is 1. The van der Waals surface area contributed by atoms with Gasteiger partial charge in [0.1, 0.15) is 5.75 Å². The van der Waals surface area contributed by atoms with Gasteiger partial charge in [-0.1, -0.05) is 13.8 Å². The van der Waals surface area contributed by atoms with Gasteiger partial charge in [-0.15, -0.1) is 0 Å². The Hall–Kier alpha value is -4.34. The van der Waals surface area contributed by atoms with Crippen LogP contribution in [-0.4, -0.2) is 65.4 Å². The van der Waals surface area contributed by atoms with E-state index < -0.39 is 5.97 Å². The molecule has 1 saturated heterocycles. The van der Waals surface area contributed by atoms with Crippen LogP contribution in [0.3, 0.4) is 0 Å². The molecule has 1 saturated carbocycles. The van der Waals surface area contributed by atoms with Crippen molar-refractivity contribution in [3.63, 3.8) is 0 Å². The van der Waals surface area contributed by atoms with E-state index in [-0.39, 0.29) is 30.0 Å². The number of carboxylic acids is 1. The second-order valence-corrected chi connectivity index (χ2v) is 12.3. The monoisotopic (exact) mass is 602 g/mol. The highest BCUT2D eigenvalue weighted by atomic mass is 16.5. The Morgan fingerprint density at radius 1 is 1.05 bits per heavy atom. The Bertz CT molecular complexity index is 1430. The molecule has 2 N–H and O–H groups in total. The predicted octanol–water partition coefficient (Wildman–Crippen LogP) is 5.76. The quantitative estimate of drug-likeness (QED) is 0.251. The number of hydrogen-bond acceptors (Lipinski definition) is 8. The maximum Gasteiger partial charge on any atom is 0.303 e. The molecule has 0 radical (unpaired) electrons. The summed E-state index contributed by atoms with van der Waals surface area (Å²) in [5, 5.41) is 19.1. The van der Waals surface area contributed by atoms with E-state index in [1.165, 1.54) is 12.3 Å². The summed E-state index contributed by atoms with van der Waals surface area (Å²) in [4.78, 5) is 37.8. The summed E-state index contributed by atoms with van der Waals surface area (Å²) < 4.78 is 11.7. The van der Waals surface area contributed by atoms with E-state index in [1.54, 1.807) is 24.3 Å². The Kier molecular flexibility index (Phi) is 9.87. The third kappa shape index (κ3) is 7.78. The second-order valence-electron chi connectivity index (χ2n) is 12.3. The molecule has 2 fully saturated rings. The summed E-state index contributed by atoms with van der Waals surface area (Å²) >= 11 is 0. The van der Waals surface area contributed by atoms with Gasteiger partial charge in [0.05, 0.1) is 43.3 Å². The van der Waals surface area contributed by atoms with Crippen molar-refractivity contribution in [3.8, 4) is 17.5 Å². The summed E-state index contributed by atoms with van der Waals surface area (Å²) in [5.74, 6) is 1.19. The first-order valence-corrected chi connectivity index (χ1v) is 15.4. The number of aliphatic carboxylic acids is 1. The van der Waals surface area contributed by atoms with Gasteiger partial charge in [-0.05, 0) is 79.2 Å². The molecule has 1 amide bonds. The van der Waals surface area contributed by atoms with E-state index in [4.69, 9.17) is 9.47 Å². The van der Waals surface area contributed by atoms with Gasteiger partial charge in [0.2, 0.25) is 11.8 Å². The molecule has 44 heavy (non-hydrogen) atoms. The number of carboxylic acid groups (broad SMARTS) is 1. The molecule has 2 aromatic heterocycles. The molecule has 0 spiro atoms. The van der Waals surface area contributed by atoms with Crippen LogP contribution in [0.25, 0.3) is 0 Å². The first-order chi connectivity index (χ1) is 21.2. The van der Waals surface area contributed by atoms with E-state index >= 15 is 0 Å². The highest BCUT2D eigenvalue weighted by Crippen LogP contribution is 2.45. The van der Waals surface area contributed by atoms with E-state index in [2.05, 4.69) is 28.7 Å². The molecule has 5 rings (SSSR count). The van der Waals surface area contributed by atoms with Crippen molar-refractivity contribution in [2.75, 3.05) is 43.2 Å². The van der Waals surface area contributed by atoms with Crippen molar-refractivity contribution < 1.29 is 29.3 Å². The molecule has 10 nitrogen and oxygen atoms in total. The third-order valence-corrected chi connectivity index (χ3v) is 8.47. The number of nitrogens with zero attached hydrogens (tertiary/aromatic N) is 4. The molecule has 3 heterocycles. The number of carbonyl (C=O) groups is 2. The van der Waals surface area contributed by atoms with Crippen LogP contribution in [0.1, 0.15) is 67.8 Å². The lowest BCUT2D eigenvalue weighted by molar-refractivity contribution is -0.137. The Morgan fingerprint density at radius 2 is 1.82 bits per heavy atom. The zero-order valence-electron chi connectivity index (χ0n) is 25.7. The number of hydrogen-bond donors (Lipinski definition) is 2. The molecule has 3 aromatic rings. The zero-order chi connectivity index (χ0) is 31.2. The van der Waals surface area contributed by atoms with Crippen LogP contribution in [-0.2, 0) is 4.79 Å². The molecule has 234 valence electrons. The number of ether oxygens (including phenoxy) is 2. The third-order valence-electron chi connectivity index (χ3n) is 8.47. The summed E-state index contributed by atoms with van der Waals surface area (Å²) in [6.45, 7) is 6.65. The van der Waals surface area contributed by atoms with Crippen LogP contribution in [0.4, 0.5) is 11.4 Å². The number of pyridine rings is 2. The van der Waals surface area contributed by atoms with Crippen LogP contribution in [0.15, 0.2) is 54.9 Å². The van der Waals surface area contributed by atoms with Crippen molar-refractivity contribution in [1.82, 2.24) is 9.97 Å². The first kappa shape index (κ1) is 31.1. The number of amides is 1. The second kappa shape index (κ2) is 14.0. The fourth-order valence-electron chi connectivity index (χ4n) is 5.96. The van der Waals surface area contributed by atoms with Crippen LogP contribution in [0, 0.1) is 17.8 Å². The number of methoxy groups -OCH3 is 1. The number of piperidine rings is 1. The SMILES string of the molecule is COc1ccc(C(=O)N(CC(C)C)c2ccc(O)nc2)c(N2CCC(COc3cc(C(CC(=O)O)C4CC4)ccn3)CC2)c1. The van der Waals surface area contributed by atoms with Crippen LogP contribution >= 0.6 is 0 Å². The van der Waals surface area contributed by atoms with Gasteiger partial charge in [0, 0.05) is 44.0 Å². The number of carbonyl (C=O) groups excluding carboxylic acids is 1. The lowest BCUT2D eigenvalue weighted by Crippen LogP contribution is -2.39. The maximum absolute atomic E-state index is 14.0. The molecule has 1 aromatic carbocycles. The summed E-state index contributed by atoms with van der Waals surface area (Å²) in [6, 6.07) is 12.6. The van der Waals surface area contributed by atoms with Gasteiger partial charge in [-0.2, -0.15) is 0 Å². The number of benzene rings is 1. The highest BCUT2D eigenvalue weighted by molar-refractivity contribution is 6.10. The Morgan fingerprint density at radius 3 is 2.45 bits per heavy atom. The minimum Gasteiger partial charge on any atom is -0.497 e. The van der Waals surface area contributed by atoms with Gasteiger partial charge in [0.15, 0.2) is 0 Å². The summed E-state index contributed by atoms with van der Waals surface area (Å²) in [7, 11) is 1.62. The average Bonchev–Trinajstić information content (AvgIpc) is 3.87. The predicted molar refractivity (Wildman–Crippen MR) is 168 cm³/mol. The number of anilines is 2. The van der Waals surface area contributed by atoms with Crippen molar-refractivity contribution in [2.24, 2.45) is 17.8 Å². The molecule has 1 atom stereocenters. The standard InChI is InChI=1S/C34H42N4O6/c1-22(2)20-38(26-6-9-31(39)36-19-26)34(42)28-8-7-27(43-3)17-30(28)37-14-11-23(12-15-37)21-44-32-16-25(10-13-35-32)29(18-33(40)41)24-4-5-24/h6-10,13,16-17,19,22-24,29H,4-5,11-12,14-15,18,20-21H2,1-3H3,(H,36,39)(H,40,41). The fourth-order valence-corrected chi connectivity index (χ4v) is 5.96. The van der Waals surface area contributed by atoms with Crippen molar-refractivity contribution in [2.45, 2.75) is 51.9 Å². The van der Waals surface area contributed by atoms with Crippen LogP contribution in [0.2, 0.25) is 0 Å². The van der Waals surface area contributed by atoms with Crippen molar-refractivity contribution >= 4 is 23.3 Å². The minimum absolute atomic E-state index is 0.00243. The van der Waals surface area contributed by atoms with Crippen molar-refractivity contribution in [1.29, 1.82) is 0 Å². The maximum atomic E-state index is 14.0. The highest BCUT2D eigenvalue weighted by Gasteiger charge is 2.34. The van der Waals surface area contributed by atoms with Gasteiger partial charge >= 0.3 is 5.97 Å². The van der Waals surface area contributed by atoms with E-state index in [0.717, 1.165) is 50.0 Å². The van der Waals surface area contributed by atoms with Crippen LogP contribution < -0.4 is 19.3 Å². The van der Waals surface area contributed by atoms with Gasteiger partial charge in [-0.3, -0.25) is 9.59 Å². The van der Waals surface area contributed by atoms with E-state index in [0.29, 0.717) is 47.9 Å². The molecule has 2 aliphatic rings. The van der Waals surface area contributed by atoms with E-state index in [1.807, 2.05) is 30.3 Å². The molecule has 0 bridgehead atoms. The minimum atomic E-state index is -0.779. The normalized spacial score (nSPS) is 16.0. The number of rotatable bonds is 13. The summed E-state index contributed by atoms with van der Waals surface area (Å²) in [6.07, 6.45) is 7.26. The van der Waals surface area contributed by atoms with Gasteiger partial charge in [-0.25, -0.2) is 9.97 Å². The molecular formula is C34H42N4O6. The first-order valence-electron chi connectivity index (χ1n) is 15.4. The molecule has 1 aliphatic carbocycles. The smallest absolute Gasteiger partial charge is 0.303 e. The topological polar surface area (TPSA) is 125 Å². The fraction of sp³-hybridized carbons (Fsp3) is 0.471. The molecular weight excluding hydrogens is 560 g/mol. The lowest BCUT2D eigenvalue weighted by atomic mass is 9.92. The molecule has 1 unspecified atom stereocenters. The average molecular weight is 603 g/mol. The van der Waals surface area contributed by atoms with Crippen molar-refractivity contribution in [3.05, 3.63) is 66.0 Å². The van der Waals surface area contributed by atoms with Gasteiger partial charge < -0.3 is 29.5 Å². The Balaban J connectivity index is 1.26. The molecule has 10 heteroatoms. The van der Waals surface area contributed by atoms with Gasteiger partial charge in [0.25, 0.3) is 5.91 Å². The molecule has 1 aliphatic heterocycles. The van der Waals surface area contributed by atoms with E-state index in [9.17, 15) is 19.8 Å².